The molecule has 0 aliphatic carbocycles. The Morgan fingerprint density at radius 2 is 2.05 bits per heavy atom. The van der Waals surface area contributed by atoms with E-state index in [4.69, 9.17) is 0 Å². The average molecular weight is 281 g/mol. The van der Waals surface area contributed by atoms with Crippen molar-refractivity contribution < 1.29 is 10.0 Å². The highest BCUT2D eigenvalue weighted by Gasteiger charge is 2.26. The second kappa shape index (κ2) is 7.69. The van der Waals surface area contributed by atoms with Crippen molar-refractivity contribution in [3.05, 3.63) is 28.3 Å². The number of nitro groups is 1. The third-order valence-electron chi connectivity index (χ3n) is 3.50. The maximum absolute atomic E-state index is 11.4. The molecule has 0 bridgehead atoms. The predicted octanol–water partition coefficient (Wildman–Crippen LogP) is 2.62. The van der Waals surface area contributed by atoms with Gasteiger partial charge in [0.1, 0.15) is 11.4 Å². The van der Waals surface area contributed by atoms with E-state index < -0.39 is 0 Å². The largest absolute Gasteiger partial charge is 0.395 e. The number of hydrogen-bond donors (Lipinski definition) is 2. The van der Waals surface area contributed by atoms with E-state index in [-0.39, 0.29) is 23.3 Å². The van der Waals surface area contributed by atoms with Gasteiger partial charge in [-0.3, -0.25) is 10.1 Å². The van der Waals surface area contributed by atoms with Crippen molar-refractivity contribution in [1.29, 1.82) is 0 Å². The Morgan fingerprint density at radius 3 is 2.50 bits per heavy atom. The summed E-state index contributed by atoms with van der Waals surface area (Å²) in [5.41, 5.74) is 1.11. The Labute approximate surface area is 119 Å². The van der Waals surface area contributed by atoms with Gasteiger partial charge in [-0.25, -0.2) is 0 Å². The fourth-order valence-electron chi connectivity index (χ4n) is 2.49. The second-order valence-corrected chi connectivity index (χ2v) is 4.57. The van der Waals surface area contributed by atoms with E-state index in [0.717, 1.165) is 12.8 Å². The van der Waals surface area contributed by atoms with Gasteiger partial charge in [-0.15, -0.1) is 0 Å². The van der Waals surface area contributed by atoms with Gasteiger partial charge in [-0.2, -0.15) is 0 Å². The summed E-state index contributed by atoms with van der Waals surface area (Å²) in [6.45, 7) is 4.45. The molecule has 0 unspecified atom stereocenters. The van der Waals surface area contributed by atoms with E-state index in [1.165, 1.54) is 0 Å². The molecule has 1 rings (SSSR count). The fraction of sp³-hybridized carbons (Fsp3) is 0.571. The van der Waals surface area contributed by atoms with Crippen LogP contribution in [0.5, 0.6) is 0 Å². The van der Waals surface area contributed by atoms with Crippen molar-refractivity contribution in [1.82, 2.24) is 0 Å². The van der Waals surface area contributed by atoms with Crippen LogP contribution in [0.15, 0.2) is 18.2 Å². The molecular weight excluding hydrogens is 258 g/mol. The lowest BCUT2D eigenvalue weighted by atomic mass is 10.1. The quantitative estimate of drug-likeness (QED) is 0.565. The molecule has 0 aromatic heterocycles. The van der Waals surface area contributed by atoms with Crippen molar-refractivity contribution in [2.24, 2.45) is 0 Å². The Morgan fingerprint density at radius 1 is 1.40 bits per heavy atom. The first-order valence-corrected chi connectivity index (χ1v) is 6.93. The van der Waals surface area contributed by atoms with Crippen LogP contribution in [0.2, 0.25) is 0 Å². The molecule has 0 saturated heterocycles. The monoisotopic (exact) mass is 281 g/mol. The van der Waals surface area contributed by atoms with Gasteiger partial charge in [0.05, 0.1) is 11.5 Å². The number of nitro benzene ring substituents is 1. The standard InChI is InChI=1S/C14H23N3O3/c1-4-11(5-2)16(9-10-18)13-8-6-7-12(15-3)14(13)17(19)20/h6-8,11,15,18H,4-5,9-10H2,1-3H3. The van der Waals surface area contributed by atoms with E-state index in [0.29, 0.717) is 17.9 Å². The van der Waals surface area contributed by atoms with E-state index in [1.54, 1.807) is 25.2 Å². The van der Waals surface area contributed by atoms with E-state index in [1.807, 2.05) is 18.7 Å². The normalized spacial score (nSPS) is 10.7. The first-order valence-electron chi connectivity index (χ1n) is 6.93. The molecule has 2 N–H and O–H groups in total. The van der Waals surface area contributed by atoms with Crippen molar-refractivity contribution >= 4 is 17.1 Å². The zero-order valence-corrected chi connectivity index (χ0v) is 12.3. The Kier molecular flexibility index (Phi) is 6.24. The molecule has 0 radical (unpaired) electrons. The molecule has 1 aromatic rings. The Balaban J connectivity index is 3.35. The number of rotatable bonds is 8. The molecule has 0 atom stereocenters. The minimum Gasteiger partial charge on any atom is -0.395 e. The van der Waals surface area contributed by atoms with Crippen LogP contribution in [0.4, 0.5) is 17.1 Å². The molecule has 6 nitrogen and oxygen atoms in total. The predicted molar refractivity (Wildman–Crippen MR) is 81.4 cm³/mol. The number of aliphatic hydroxyl groups is 1. The zero-order chi connectivity index (χ0) is 15.1. The number of aliphatic hydroxyl groups excluding tert-OH is 1. The lowest BCUT2D eigenvalue weighted by Gasteiger charge is -2.32. The number of hydrogen-bond acceptors (Lipinski definition) is 5. The zero-order valence-electron chi connectivity index (χ0n) is 12.3. The number of para-hydroxylation sites is 1. The van der Waals surface area contributed by atoms with Crippen molar-refractivity contribution in [3.63, 3.8) is 0 Å². The van der Waals surface area contributed by atoms with Crippen LogP contribution in [0.3, 0.4) is 0 Å². The van der Waals surface area contributed by atoms with Crippen LogP contribution >= 0.6 is 0 Å². The summed E-state index contributed by atoms with van der Waals surface area (Å²) in [7, 11) is 1.67. The minimum atomic E-state index is -0.367. The summed E-state index contributed by atoms with van der Waals surface area (Å²) in [5, 5.41) is 23.5. The molecule has 1 aromatic carbocycles. The van der Waals surface area contributed by atoms with Crippen LogP contribution in [-0.4, -0.2) is 36.3 Å². The van der Waals surface area contributed by atoms with Crippen LogP contribution < -0.4 is 10.2 Å². The molecule has 112 valence electrons. The first kappa shape index (κ1) is 16.2. The molecular formula is C14H23N3O3. The third-order valence-corrected chi connectivity index (χ3v) is 3.50. The molecule has 0 aliphatic heterocycles. The fourth-order valence-corrected chi connectivity index (χ4v) is 2.49. The molecule has 0 fully saturated rings. The summed E-state index contributed by atoms with van der Waals surface area (Å²) in [6.07, 6.45) is 1.74. The lowest BCUT2D eigenvalue weighted by molar-refractivity contribution is -0.383. The van der Waals surface area contributed by atoms with Crippen LogP contribution in [0.1, 0.15) is 26.7 Å². The molecule has 0 amide bonds. The highest BCUT2D eigenvalue weighted by Crippen LogP contribution is 2.36. The molecule has 0 saturated carbocycles. The second-order valence-electron chi connectivity index (χ2n) is 4.57. The maximum Gasteiger partial charge on any atom is 0.315 e. The minimum absolute atomic E-state index is 0.0303. The van der Waals surface area contributed by atoms with Gasteiger partial charge in [0.15, 0.2) is 0 Å². The van der Waals surface area contributed by atoms with E-state index >= 15 is 0 Å². The van der Waals surface area contributed by atoms with Crippen molar-refractivity contribution in [2.45, 2.75) is 32.7 Å². The number of anilines is 2. The van der Waals surface area contributed by atoms with Gasteiger partial charge in [-0.05, 0) is 25.0 Å². The molecule has 0 aliphatic rings. The Bertz CT molecular complexity index is 447. The molecule has 0 heterocycles. The van der Waals surface area contributed by atoms with Gasteiger partial charge in [-0.1, -0.05) is 19.9 Å². The maximum atomic E-state index is 11.4. The van der Waals surface area contributed by atoms with Crippen LogP contribution in [0, 0.1) is 10.1 Å². The third kappa shape index (κ3) is 3.39. The number of nitrogens with zero attached hydrogens (tertiary/aromatic N) is 2. The van der Waals surface area contributed by atoms with Gasteiger partial charge in [0, 0.05) is 19.6 Å². The molecule has 0 spiro atoms. The van der Waals surface area contributed by atoms with E-state index in [2.05, 4.69) is 5.32 Å². The Hall–Kier alpha value is -1.82. The van der Waals surface area contributed by atoms with Crippen molar-refractivity contribution in [2.75, 3.05) is 30.4 Å². The van der Waals surface area contributed by atoms with Gasteiger partial charge in [0.25, 0.3) is 0 Å². The number of benzene rings is 1. The van der Waals surface area contributed by atoms with E-state index in [9.17, 15) is 15.2 Å². The van der Waals surface area contributed by atoms with Gasteiger partial charge in [0.2, 0.25) is 0 Å². The summed E-state index contributed by atoms with van der Waals surface area (Å²) in [6, 6.07) is 5.40. The van der Waals surface area contributed by atoms with Gasteiger partial charge < -0.3 is 15.3 Å². The van der Waals surface area contributed by atoms with Gasteiger partial charge >= 0.3 is 5.69 Å². The van der Waals surface area contributed by atoms with Crippen molar-refractivity contribution in [3.8, 4) is 0 Å². The summed E-state index contributed by atoms with van der Waals surface area (Å²) < 4.78 is 0. The van der Waals surface area contributed by atoms with Crippen LogP contribution in [0.25, 0.3) is 0 Å². The highest BCUT2D eigenvalue weighted by molar-refractivity contribution is 5.77. The van der Waals surface area contributed by atoms with Crippen LogP contribution in [-0.2, 0) is 0 Å². The smallest absolute Gasteiger partial charge is 0.315 e. The SMILES string of the molecule is CCC(CC)N(CCO)c1cccc(NC)c1[N+](=O)[O-]. The molecule has 6 heteroatoms. The highest BCUT2D eigenvalue weighted by atomic mass is 16.6. The summed E-state index contributed by atoms with van der Waals surface area (Å²) >= 11 is 0. The lowest BCUT2D eigenvalue weighted by Crippen LogP contribution is -2.37. The average Bonchev–Trinajstić information content (AvgIpc) is 2.46. The topological polar surface area (TPSA) is 78.6 Å². The first-order chi connectivity index (χ1) is 9.60. The number of nitrogens with one attached hydrogen (secondary N) is 1. The molecule has 20 heavy (non-hydrogen) atoms. The summed E-state index contributed by atoms with van der Waals surface area (Å²) in [4.78, 5) is 12.9. The summed E-state index contributed by atoms with van der Waals surface area (Å²) in [5.74, 6) is 0.